The summed E-state index contributed by atoms with van der Waals surface area (Å²) in [5.41, 5.74) is 2.97. The molecule has 1 amide bonds. The van der Waals surface area contributed by atoms with Gasteiger partial charge in [0, 0.05) is 17.0 Å². The highest BCUT2D eigenvalue weighted by molar-refractivity contribution is 7.10. The van der Waals surface area contributed by atoms with Crippen molar-refractivity contribution in [1.82, 2.24) is 0 Å². The third-order valence-electron chi connectivity index (χ3n) is 4.40. The van der Waals surface area contributed by atoms with Crippen molar-refractivity contribution < 1.29 is 14.7 Å². The Morgan fingerprint density at radius 1 is 1.23 bits per heavy atom. The van der Waals surface area contributed by atoms with Gasteiger partial charge in [0.15, 0.2) is 11.5 Å². The quantitative estimate of drug-likeness (QED) is 0.817. The second kappa shape index (κ2) is 7.08. The fourth-order valence-electron chi connectivity index (χ4n) is 3.44. The molecule has 0 spiro atoms. The fourth-order valence-corrected chi connectivity index (χ4v) is 4.27. The number of anilines is 1. The van der Waals surface area contributed by atoms with Gasteiger partial charge in [-0.15, -0.1) is 11.3 Å². The Morgan fingerprint density at radius 2 is 1.88 bits per heavy atom. The van der Waals surface area contributed by atoms with E-state index in [1.807, 2.05) is 63.4 Å². The normalized spacial score (nSPS) is 17.5. The summed E-state index contributed by atoms with van der Waals surface area (Å²) in [6.45, 7) is 7.84. The zero-order valence-corrected chi connectivity index (χ0v) is 16.3. The smallest absolute Gasteiger partial charge is 0.294 e. The van der Waals surface area contributed by atoms with Crippen molar-refractivity contribution in [1.29, 1.82) is 0 Å². The molecule has 26 heavy (non-hydrogen) atoms. The number of nitrogens with zero attached hydrogens (tertiary/aromatic N) is 1. The first-order valence-corrected chi connectivity index (χ1v) is 9.59. The lowest BCUT2D eigenvalue weighted by Gasteiger charge is -2.26. The summed E-state index contributed by atoms with van der Waals surface area (Å²) in [6.07, 6.45) is 0.301. The van der Waals surface area contributed by atoms with E-state index in [2.05, 4.69) is 0 Å². The molecular weight excluding hydrogens is 346 g/mol. The predicted molar refractivity (Wildman–Crippen MR) is 105 cm³/mol. The van der Waals surface area contributed by atoms with Gasteiger partial charge in [-0.05, 0) is 54.5 Å². The second-order valence-corrected chi connectivity index (χ2v) is 8.20. The number of amides is 1. The lowest BCUT2D eigenvalue weighted by Crippen LogP contribution is -2.30. The number of thiophene rings is 1. The van der Waals surface area contributed by atoms with Gasteiger partial charge in [0.05, 0.1) is 5.57 Å². The van der Waals surface area contributed by atoms with Crippen LogP contribution in [0, 0.1) is 19.8 Å². The van der Waals surface area contributed by atoms with E-state index in [1.54, 1.807) is 4.90 Å². The number of ketones is 1. The first kappa shape index (κ1) is 18.4. The first-order chi connectivity index (χ1) is 12.3. The van der Waals surface area contributed by atoms with E-state index in [1.165, 1.54) is 11.3 Å². The Labute approximate surface area is 157 Å². The molecule has 5 heteroatoms. The molecule has 0 saturated heterocycles. The molecule has 0 radical (unpaired) electrons. The Morgan fingerprint density at radius 3 is 2.42 bits per heavy atom. The highest BCUT2D eigenvalue weighted by Gasteiger charge is 2.44. The molecule has 1 N–H and O–H groups in total. The minimum absolute atomic E-state index is 0.150. The van der Waals surface area contributed by atoms with Crippen molar-refractivity contribution in [3.63, 3.8) is 0 Å². The summed E-state index contributed by atoms with van der Waals surface area (Å²) in [5.74, 6) is -0.956. The van der Waals surface area contributed by atoms with E-state index in [0.717, 1.165) is 16.0 Å². The number of carbonyl (C=O) groups is 2. The molecule has 0 bridgehead atoms. The molecule has 1 aliphatic rings. The fraction of sp³-hybridized carbons (Fsp3) is 0.333. The largest absolute Gasteiger partial charge is 0.503 e. The van der Waals surface area contributed by atoms with Gasteiger partial charge in [0.1, 0.15) is 6.04 Å². The van der Waals surface area contributed by atoms with E-state index < -0.39 is 17.7 Å². The number of aliphatic hydroxyl groups is 1. The van der Waals surface area contributed by atoms with Crippen molar-refractivity contribution in [2.45, 2.75) is 40.2 Å². The van der Waals surface area contributed by atoms with Crippen molar-refractivity contribution in [3.05, 3.63) is 63.0 Å². The number of aliphatic hydroxyl groups excluding tert-OH is 1. The number of hydrogen-bond acceptors (Lipinski definition) is 4. The van der Waals surface area contributed by atoms with Gasteiger partial charge in [0.2, 0.25) is 0 Å². The van der Waals surface area contributed by atoms with Gasteiger partial charge in [-0.2, -0.15) is 0 Å². The topological polar surface area (TPSA) is 57.6 Å². The molecule has 4 nitrogen and oxygen atoms in total. The van der Waals surface area contributed by atoms with Gasteiger partial charge in [-0.1, -0.05) is 26.0 Å². The van der Waals surface area contributed by atoms with Gasteiger partial charge in [-0.25, -0.2) is 0 Å². The van der Waals surface area contributed by atoms with E-state index in [9.17, 15) is 14.7 Å². The number of hydrogen-bond donors (Lipinski definition) is 1. The van der Waals surface area contributed by atoms with Gasteiger partial charge in [-0.3, -0.25) is 14.5 Å². The summed E-state index contributed by atoms with van der Waals surface area (Å²) in [4.78, 5) is 28.2. The summed E-state index contributed by atoms with van der Waals surface area (Å²) in [7, 11) is 0. The maximum Gasteiger partial charge on any atom is 0.294 e. The molecule has 136 valence electrons. The van der Waals surface area contributed by atoms with Crippen molar-refractivity contribution in [2.75, 3.05) is 4.90 Å². The van der Waals surface area contributed by atoms with Crippen LogP contribution >= 0.6 is 11.3 Å². The van der Waals surface area contributed by atoms with Crippen LogP contribution in [0.4, 0.5) is 5.69 Å². The first-order valence-electron chi connectivity index (χ1n) is 8.71. The van der Waals surface area contributed by atoms with Crippen molar-refractivity contribution in [2.24, 2.45) is 5.92 Å². The molecule has 0 aliphatic carbocycles. The lowest BCUT2D eigenvalue weighted by molar-refractivity contribution is -0.118. The minimum Gasteiger partial charge on any atom is -0.503 e. The molecule has 1 aliphatic heterocycles. The molecule has 1 aromatic carbocycles. The molecule has 0 saturated carbocycles. The van der Waals surface area contributed by atoms with E-state index in [-0.39, 0.29) is 17.3 Å². The van der Waals surface area contributed by atoms with Gasteiger partial charge >= 0.3 is 0 Å². The van der Waals surface area contributed by atoms with Crippen LogP contribution in [0.15, 0.2) is 47.0 Å². The monoisotopic (exact) mass is 369 g/mol. The highest BCUT2D eigenvalue weighted by atomic mass is 32.1. The Balaban J connectivity index is 2.14. The molecule has 3 rings (SSSR count). The van der Waals surface area contributed by atoms with Crippen LogP contribution in [0.2, 0.25) is 0 Å². The third-order valence-corrected chi connectivity index (χ3v) is 5.32. The van der Waals surface area contributed by atoms with Crippen LogP contribution in [0.1, 0.15) is 42.3 Å². The number of rotatable bonds is 5. The predicted octanol–water partition coefficient (Wildman–Crippen LogP) is 4.88. The lowest BCUT2D eigenvalue weighted by atomic mass is 9.95. The standard InChI is InChI=1S/C21H23NO3S/c1-12(2)8-16(23)18-19(17-6-5-7-26-17)22(21(25)20(18)24)15-10-13(3)9-14(4)11-15/h5-7,9-12,19,24H,8H2,1-4H3. The average Bonchev–Trinajstić information content (AvgIpc) is 3.13. The van der Waals surface area contributed by atoms with Crippen LogP contribution in [-0.4, -0.2) is 16.8 Å². The number of carbonyl (C=O) groups excluding carboxylic acids is 2. The zero-order valence-electron chi connectivity index (χ0n) is 15.4. The summed E-state index contributed by atoms with van der Waals surface area (Å²) < 4.78 is 0. The number of benzene rings is 1. The number of aryl methyl sites for hydroxylation is 2. The minimum atomic E-state index is -0.574. The molecule has 2 aromatic rings. The van der Waals surface area contributed by atoms with Crippen LogP contribution in [-0.2, 0) is 9.59 Å². The zero-order chi connectivity index (χ0) is 19.0. The molecule has 1 atom stereocenters. The average molecular weight is 369 g/mol. The van der Waals surface area contributed by atoms with E-state index in [4.69, 9.17) is 0 Å². The Bertz CT molecular complexity index is 860. The molecular formula is C21H23NO3S. The number of Topliss-reactive ketones (excluding diaryl/α,β-unsaturated/α-hetero) is 1. The Hall–Kier alpha value is -2.40. The summed E-state index contributed by atoms with van der Waals surface area (Å²) >= 11 is 1.48. The summed E-state index contributed by atoms with van der Waals surface area (Å²) in [6, 6.07) is 9.07. The van der Waals surface area contributed by atoms with Crippen LogP contribution in [0.25, 0.3) is 0 Å². The Kier molecular flexibility index (Phi) is 5.01. The maximum atomic E-state index is 12.9. The van der Waals surface area contributed by atoms with Crippen LogP contribution in [0.5, 0.6) is 0 Å². The van der Waals surface area contributed by atoms with Crippen molar-refractivity contribution >= 4 is 28.7 Å². The molecule has 0 fully saturated rings. The van der Waals surface area contributed by atoms with Crippen LogP contribution in [0.3, 0.4) is 0 Å². The maximum absolute atomic E-state index is 12.9. The molecule has 1 unspecified atom stereocenters. The van der Waals surface area contributed by atoms with Crippen molar-refractivity contribution in [3.8, 4) is 0 Å². The summed E-state index contributed by atoms with van der Waals surface area (Å²) in [5, 5.41) is 12.5. The van der Waals surface area contributed by atoms with E-state index in [0.29, 0.717) is 12.1 Å². The SMILES string of the molecule is Cc1cc(C)cc(N2C(=O)C(O)=C(C(=O)CC(C)C)C2c2cccs2)c1. The third kappa shape index (κ3) is 3.31. The second-order valence-electron chi connectivity index (χ2n) is 7.22. The molecule has 1 aromatic heterocycles. The van der Waals surface area contributed by atoms with Gasteiger partial charge < -0.3 is 5.11 Å². The highest BCUT2D eigenvalue weighted by Crippen LogP contribution is 2.43. The van der Waals surface area contributed by atoms with Crippen LogP contribution < -0.4 is 4.90 Å². The van der Waals surface area contributed by atoms with E-state index >= 15 is 0 Å². The van der Waals surface area contributed by atoms with Gasteiger partial charge in [0.25, 0.3) is 5.91 Å². The molecule has 2 heterocycles.